The van der Waals surface area contributed by atoms with E-state index in [1.54, 1.807) is 12.1 Å². The van der Waals surface area contributed by atoms with Crippen LogP contribution in [0.3, 0.4) is 0 Å². The Labute approximate surface area is 280 Å². The first-order valence-electron chi connectivity index (χ1n) is 16.6. The van der Waals surface area contributed by atoms with E-state index in [0.29, 0.717) is 36.0 Å². The number of aliphatic hydroxyl groups excluding tert-OH is 1. The Morgan fingerprint density at radius 2 is 1.70 bits per heavy atom. The molecular formula is C39H48O7Si. The summed E-state index contributed by atoms with van der Waals surface area (Å²) in [6, 6.07) is 26.0. The van der Waals surface area contributed by atoms with Crippen LogP contribution in [0.1, 0.15) is 53.4 Å². The number of ether oxygens (including phenoxy) is 3. The number of rotatable bonds is 14. The molecule has 1 aliphatic heterocycles. The van der Waals surface area contributed by atoms with E-state index in [4.69, 9.17) is 18.6 Å². The number of para-hydroxylation sites is 1. The van der Waals surface area contributed by atoms with Crippen molar-refractivity contribution in [2.75, 3.05) is 6.61 Å². The van der Waals surface area contributed by atoms with Crippen molar-refractivity contribution in [3.8, 4) is 17.2 Å². The van der Waals surface area contributed by atoms with Gasteiger partial charge in [-0.25, -0.2) is 4.79 Å². The standard InChI is InChI=1S/C39H48O7Si/c1-6-7-15-27(2)24-28(40)22-23-39(46-47(29-16-10-8-11-17-29)30-18-12-9-13-19-30)34(38(3,4)5)25-33-37(39)45-32-21-14-20-31(36(32)44-33)43-26-35(41)42/h6,8-14,16-23,27-28,33-34,37,40,47H,1,7,15,24-26H2,2-5H3,(H,41,42)/t27-,28+,33-,34+,37+,39+/m0/s1. The second-order valence-corrected chi connectivity index (χ2v) is 16.3. The largest absolute Gasteiger partial charge is 0.479 e. The fourth-order valence-electron chi connectivity index (χ4n) is 7.04. The molecule has 2 aliphatic rings. The summed E-state index contributed by atoms with van der Waals surface area (Å²) >= 11 is 0. The first-order valence-corrected chi connectivity index (χ1v) is 18.2. The molecule has 0 spiro atoms. The fraction of sp³-hybridized carbons (Fsp3) is 0.410. The summed E-state index contributed by atoms with van der Waals surface area (Å²) in [7, 11) is -2.34. The number of carboxylic acids is 1. The lowest BCUT2D eigenvalue weighted by molar-refractivity contribution is -0.139. The van der Waals surface area contributed by atoms with E-state index in [9.17, 15) is 15.0 Å². The van der Waals surface area contributed by atoms with E-state index in [-0.39, 0.29) is 11.3 Å². The molecule has 47 heavy (non-hydrogen) atoms. The number of hydrogen-bond acceptors (Lipinski definition) is 6. The average molecular weight is 657 g/mol. The SMILES string of the molecule is C=CCC[C@H](C)C[C@H](O)C=C[C@]1(O[SiH](c2ccccc2)c2ccccc2)[C@@H]2Oc3cccc(OCC(=O)O)c3O[C@H]2C[C@@H]1C(C)(C)C. The molecule has 7 nitrogen and oxygen atoms in total. The molecule has 0 bridgehead atoms. The molecule has 0 aromatic heterocycles. The van der Waals surface area contributed by atoms with Gasteiger partial charge < -0.3 is 28.8 Å². The normalized spacial score (nSPS) is 23.3. The molecule has 0 radical (unpaired) electrons. The molecule has 1 fully saturated rings. The van der Waals surface area contributed by atoms with Crippen molar-refractivity contribution in [3.05, 3.63) is 104 Å². The maximum Gasteiger partial charge on any atom is 0.341 e. The Bertz CT molecular complexity index is 1480. The van der Waals surface area contributed by atoms with Crippen molar-refractivity contribution in [1.82, 2.24) is 0 Å². The minimum atomic E-state index is -2.34. The van der Waals surface area contributed by atoms with Crippen LogP contribution in [0, 0.1) is 17.3 Å². The number of carboxylic acid groups (broad SMARTS) is 1. The molecule has 3 aromatic carbocycles. The third-order valence-corrected chi connectivity index (χ3v) is 11.9. The zero-order valence-electron chi connectivity index (χ0n) is 27.9. The first-order chi connectivity index (χ1) is 22.5. The minimum Gasteiger partial charge on any atom is -0.479 e. The Morgan fingerprint density at radius 1 is 1.04 bits per heavy atom. The molecule has 8 heteroatoms. The topological polar surface area (TPSA) is 94.5 Å². The van der Waals surface area contributed by atoms with Crippen LogP contribution >= 0.6 is 0 Å². The Hall–Kier alpha value is -3.85. The Balaban J connectivity index is 1.62. The molecule has 0 saturated heterocycles. The van der Waals surface area contributed by atoms with Crippen molar-refractivity contribution >= 4 is 25.4 Å². The van der Waals surface area contributed by atoms with Crippen molar-refractivity contribution in [3.63, 3.8) is 0 Å². The third-order valence-electron chi connectivity index (χ3n) is 9.27. The van der Waals surface area contributed by atoms with Gasteiger partial charge in [-0.2, -0.15) is 0 Å². The molecule has 6 atom stereocenters. The van der Waals surface area contributed by atoms with Crippen LogP contribution in [0.5, 0.6) is 17.2 Å². The lowest BCUT2D eigenvalue weighted by Gasteiger charge is -2.46. The average Bonchev–Trinajstić information content (AvgIpc) is 3.37. The van der Waals surface area contributed by atoms with Crippen LogP contribution in [0.25, 0.3) is 0 Å². The lowest BCUT2D eigenvalue weighted by Crippen LogP contribution is -2.60. The second kappa shape index (κ2) is 14.9. The van der Waals surface area contributed by atoms with Gasteiger partial charge in [0.2, 0.25) is 14.8 Å². The summed E-state index contributed by atoms with van der Waals surface area (Å²) in [5.41, 5.74) is -1.20. The number of allylic oxidation sites excluding steroid dienone is 1. The Kier molecular flexibility index (Phi) is 10.9. The van der Waals surface area contributed by atoms with Crippen LogP contribution in [-0.2, 0) is 9.22 Å². The van der Waals surface area contributed by atoms with Gasteiger partial charge >= 0.3 is 5.97 Å². The van der Waals surface area contributed by atoms with Crippen LogP contribution in [0.2, 0.25) is 0 Å². The van der Waals surface area contributed by atoms with Gasteiger partial charge in [-0.1, -0.05) is 113 Å². The molecule has 1 saturated carbocycles. The van der Waals surface area contributed by atoms with Crippen LogP contribution in [0.15, 0.2) is 104 Å². The maximum atomic E-state index is 11.4. The fourth-order valence-corrected chi connectivity index (χ4v) is 9.63. The molecule has 5 rings (SSSR count). The van der Waals surface area contributed by atoms with Crippen molar-refractivity contribution in [2.45, 2.75) is 77.3 Å². The highest BCUT2D eigenvalue weighted by Crippen LogP contribution is 2.55. The number of fused-ring (bicyclic) bond motifs is 2. The summed E-state index contributed by atoms with van der Waals surface area (Å²) in [4.78, 5) is 11.3. The predicted molar refractivity (Wildman–Crippen MR) is 187 cm³/mol. The molecule has 250 valence electrons. The number of carbonyl (C=O) groups is 1. The van der Waals surface area contributed by atoms with Crippen molar-refractivity contribution in [1.29, 1.82) is 0 Å². The van der Waals surface area contributed by atoms with Gasteiger partial charge in [0.05, 0.1) is 6.10 Å². The quantitative estimate of drug-likeness (QED) is 0.164. The first kappa shape index (κ1) is 34.5. The van der Waals surface area contributed by atoms with Gasteiger partial charge in [0.15, 0.2) is 24.2 Å². The van der Waals surface area contributed by atoms with E-state index in [1.807, 2.05) is 54.6 Å². The van der Waals surface area contributed by atoms with Crippen LogP contribution < -0.4 is 24.6 Å². The van der Waals surface area contributed by atoms with Crippen LogP contribution in [-0.4, -0.2) is 55.7 Å². The summed E-state index contributed by atoms with van der Waals surface area (Å²) in [5, 5.41) is 22.9. The molecule has 3 aromatic rings. The highest BCUT2D eigenvalue weighted by atomic mass is 28.3. The zero-order chi connectivity index (χ0) is 33.6. The van der Waals surface area contributed by atoms with Gasteiger partial charge in [0.25, 0.3) is 0 Å². The highest BCUT2D eigenvalue weighted by Gasteiger charge is 2.63. The van der Waals surface area contributed by atoms with Gasteiger partial charge in [-0.15, -0.1) is 6.58 Å². The monoisotopic (exact) mass is 656 g/mol. The summed E-state index contributed by atoms with van der Waals surface area (Å²) in [6.07, 6.45) is 7.39. The minimum absolute atomic E-state index is 0.0632. The molecule has 0 unspecified atom stereocenters. The van der Waals surface area contributed by atoms with Crippen LogP contribution in [0.4, 0.5) is 0 Å². The molecule has 1 heterocycles. The van der Waals surface area contributed by atoms with Gasteiger partial charge in [-0.3, -0.25) is 0 Å². The van der Waals surface area contributed by atoms with Gasteiger partial charge in [-0.05, 0) is 59.5 Å². The lowest BCUT2D eigenvalue weighted by atomic mass is 9.71. The van der Waals surface area contributed by atoms with Crippen molar-refractivity contribution < 1.29 is 33.6 Å². The van der Waals surface area contributed by atoms with E-state index < -0.39 is 45.5 Å². The van der Waals surface area contributed by atoms with E-state index in [0.717, 1.165) is 23.2 Å². The second-order valence-electron chi connectivity index (χ2n) is 13.9. The highest BCUT2D eigenvalue weighted by molar-refractivity contribution is 6.80. The number of hydrogen-bond donors (Lipinski definition) is 2. The Morgan fingerprint density at radius 3 is 2.30 bits per heavy atom. The van der Waals surface area contributed by atoms with Gasteiger partial charge in [0, 0.05) is 5.92 Å². The number of benzene rings is 3. The predicted octanol–water partition coefficient (Wildman–Crippen LogP) is 5.93. The van der Waals surface area contributed by atoms with Crippen molar-refractivity contribution in [2.24, 2.45) is 17.3 Å². The van der Waals surface area contributed by atoms with E-state index in [1.165, 1.54) is 0 Å². The van der Waals surface area contributed by atoms with E-state index >= 15 is 0 Å². The maximum absolute atomic E-state index is 11.4. The number of aliphatic hydroxyl groups is 1. The van der Waals surface area contributed by atoms with Gasteiger partial charge in [0.1, 0.15) is 11.7 Å². The molecule has 2 N–H and O–H groups in total. The zero-order valence-corrected chi connectivity index (χ0v) is 29.0. The summed E-state index contributed by atoms with van der Waals surface area (Å²) in [6.45, 7) is 12.2. The van der Waals surface area contributed by atoms with E-state index in [2.05, 4.69) is 64.6 Å². The smallest absolute Gasteiger partial charge is 0.341 e. The third kappa shape index (κ3) is 8.00. The number of aliphatic carboxylic acids is 1. The summed E-state index contributed by atoms with van der Waals surface area (Å²) < 4.78 is 26.8. The molecule has 0 amide bonds. The molecular weight excluding hydrogens is 609 g/mol. The summed E-state index contributed by atoms with van der Waals surface area (Å²) in [5.74, 6) is 0.389. The molecule has 1 aliphatic carbocycles.